The lowest BCUT2D eigenvalue weighted by molar-refractivity contribution is -0.137. The minimum Gasteiger partial charge on any atom is -0.325 e. The molecule has 5 nitrogen and oxygen atoms in total. The van der Waals surface area contributed by atoms with Gasteiger partial charge in [-0.2, -0.15) is 5.26 Å². The molecule has 34 heavy (non-hydrogen) atoms. The number of anilines is 1. The predicted octanol–water partition coefficient (Wildman–Crippen LogP) is 6.15. The van der Waals surface area contributed by atoms with E-state index in [1.54, 1.807) is 18.2 Å². The summed E-state index contributed by atoms with van der Waals surface area (Å²) in [7, 11) is 1.95. The first-order valence-electron chi connectivity index (χ1n) is 12.6. The second-order valence-electron chi connectivity index (χ2n) is 11.6. The number of piperidine rings is 1. The van der Waals surface area contributed by atoms with Crippen molar-refractivity contribution in [2.24, 2.45) is 34.5 Å². The minimum atomic E-state index is -0.0424. The summed E-state index contributed by atoms with van der Waals surface area (Å²) in [5, 5.41) is 12.6. The monoisotopic (exact) mass is 479 g/mol. The molecule has 0 spiro atoms. The summed E-state index contributed by atoms with van der Waals surface area (Å²) >= 11 is 6.34. The third-order valence-corrected chi connectivity index (χ3v) is 10.3. The fourth-order valence-electron chi connectivity index (χ4n) is 8.45. The standard InChI is InChI=1S/C28H34ClN3O2/c1-16-13-18-19-6-7-21(26(34)31-23-8-5-17(15-30)14-22(23)29)27(19,2)11-9-20(18)28(3)12-10-24(33)32(4)25(16)28/h5,8,14,18-21H,6-7,9-13H2,1-4H3,(H,31,34)/t18?,19-,20?,21+,27-,28+/m0/s1. The number of halogens is 1. The number of carbonyl (C=O) groups excluding carboxylic acids is 2. The number of benzene rings is 1. The number of carbonyl (C=O) groups is 2. The molecule has 2 saturated carbocycles. The molecule has 2 unspecified atom stereocenters. The lowest BCUT2D eigenvalue weighted by Gasteiger charge is -2.59. The van der Waals surface area contributed by atoms with Crippen molar-refractivity contribution in [2.75, 3.05) is 12.4 Å². The molecule has 0 aromatic heterocycles. The van der Waals surface area contributed by atoms with Crippen molar-refractivity contribution in [2.45, 2.75) is 65.7 Å². The van der Waals surface area contributed by atoms with Crippen LogP contribution in [-0.4, -0.2) is 23.8 Å². The van der Waals surface area contributed by atoms with Gasteiger partial charge in [0.1, 0.15) is 0 Å². The molecule has 3 aliphatic carbocycles. The summed E-state index contributed by atoms with van der Waals surface area (Å²) in [4.78, 5) is 27.9. The summed E-state index contributed by atoms with van der Waals surface area (Å²) < 4.78 is 0. The van der Waals surface area contributed by atoms with Gasteiger partial charge in [0.2, 0.25) is 11.8 Å². The fraction of sp³-hybridized carbons (Fsp3) is 0.607. The first-order valence-corrected chi connectivity index (χ1v) is 12.9. The maximum absolute atomic E-state index is 13.5. The second kappa shape index (κ2) is 8.12. The summed E-state index contributed by atoms with van der Waals surface area (Å²) in [6.07, 6.45) is 6.72. The first kappa shape index (κ1) is 23.4. The second-order valence-corrected chi connectivity index (χ2v) is 12.0. The number of hydrogen-bond acceptors (Lipinski definition) is 3. The normalized spacial score (nSPS) is 36.9. The highest BCUT2D eigenvalue weighted by Crippen LogP contribution is 2.66. The topological polar surface area (TPSA) is 73.2 Å². The summed E-state index contributed by atoms with van der Waals surface area (Å²) in [6, 6.07) is 7.10. The number of rotatable bonds is 2. The van der Waals surface area contributed by atoms with Crippen LogP contribution in [0.5, 0.6) is 0 Å². The van der Waals surface area contributed by atoms with Gasteiger partial charge in [0.05, 0.1) is 22.3 Å². The number of fused-ring (bicyclic) bond motifs is 5. The van der Waals surface area contributed by atoms with Crippen molar-refractivity contribution in [3.05, 3.63) is 40.1 Å². The quantitative estimate of drug-likeness (QED) is 0.553. The Kier molecular flexibility index (Phi) is 5.60. The van der Waals surface area contributed by atoms with E-state index >= 15 is 0 Å². The van der Waals surface area contributed by atoms with E-state index in [1.807, 2.05) is 11.9 Å². The number of likely N-dealkylation sites (tertiary alicyclic amines) is 1. The molecule has 1 aliphatic heterocycles. The molecule has 5 rings (SSSR count). The van der Waals surface area contributed by atoms with E-state index in [4.69, 9.17) is 16.9 Å². The molecule has 0 radical (unpaired) electrons. The van der Waals surface area contributed by atoms with E-state index in [2.05, 4.69) is 32.2 Å². The van der Waals surface area contributed by atoms with Gasteiger partial charge in [0, 0.05) is 30.5 Å². The van der Waals surface area contributed by atoms with Crippen molar-refractivity contribution in [3.8, 4) is 6.07 Å². The molecule has 2 amide bonds. The Hall–Kier alpha value is -2.32. The van der Waals surface area contributed by atoms with Crippen molar-refractivity contribution in [3.63, 3.8) is 0 Å². The van der Waals surface area contributed by atoms with Gasteiger partial charge in [-0.25, -0.2) is 0 Å². The Bertz CT molecular complexity index is 1140. The van der Waals surface area contributed by atoms with E-state index < -0.39 is 0 Å². The Morgan fingerprint density at radius 1 is 1.21 bits per heavy atom. The van der Waals surface area contributed by atoms with Crippen LogP contribution in [0.25, 0.3) is 0 Å². The van der Waals surface area contributed by atoms with Crippen LogP contribution in [0, 0.1) is 45.8 Å². The van der Waals surface area contributed by atoms with Crippen LogP contribution in [0.4, 0.5) is 5.69 Å². The zero-order valence-electron chi connectivity index (χ0n) is 20.6. The highest BCUT2D eigenvalue weighted by molar-refractivity contribution is 6.33. The molecule has 180 valence electrons. The average Bonchev–Trinajstić information content (AvgIpc) is 3.15. The highest BCUT2D eigenvalue weighted by Gasteiger charge is 2.61. The summed E-state index contributed by atoms with van der Waals surface area (Å²) in [5.41, 5.74) is 3.72. The molecular weight excluding hydrogens is 446 g/mol. The van der Waals surface area contributed by atoms with Crippen LogP contribution in [0.3, 0.4) is 0 Å². The molecular formula is C28H34ClN3O2. The lowest BCUT2D eigenvalue weighted by atomic mass is 9.48. The lowest BCUT2D eigenvalue weighted by Crippen LogP contribution is -2.54. The number of nitrogens with one attached hydrogen (secondary N) is 1. The Morgan fingerprint density at radius 2 is 1.97 bits per heavy atom. The van der Waals surface area contributed by atoms with E-state index in [0.29, 0.717) is 40.4 Å². The van der Waals surface area contributed by atoms with Crippen molar-refractivity contribution < 1.29 is 9.59 Å². The van der Waals surface area contributed by atoms with Gasteiger partial charge < -0.3 is 10.2 Å². The largest absolute Gasteiger partial charge is 0.325 e. The highest BCUT2D eigenvalue weighted by atomic mass is 35.5. The van der Waals surface area contributed by atoms with Crippen molar-refractivity contribution in [1.82, 2.24) is 4.90 Å². The number of amides is 2. The van der Waals surface area contributed by atoms with Gasteiger partial charge in [-0.15, -0.1) is 0 Å². The summed E-state index contributed by atoms with van der Waals surface area (Å²) in [6.45, 7) is 6.94. The van der Waals surface area contributed by atoms with Gasteiger partial charge in [-0.1, -0.05) is 31.0 Å². The Labute approximate surface area is 207 Å². The fourth-order valence-corrected chi connectivity index (χ4v) is 8.67. The van der Waals surface area contributed by atoms with Crippen molar-refractivity contribution >= 4 is 29.1 Å². The minimum absolute atomic E-state index is 0.0329. The number of nitriles is 1. The van der Waals surface area contributed by atoms with Gasteiger partial charge in [0.25, 0.3) is 0 Å². The van der Waals surface area contributed by atoms with Gasteiger partial charge in [-0.3, -0.25) is 9.59 Å². The SMILES string of the molecule is CC1=C2N(C)C(=O)CC[C@]2(C)C2CC[C@]3(C)[C@@H](C(=O)Nc4ccc(C#N)cc4Cl)CC[C@H]3C2C1. The zero-order valence-corrected chi connectivity index (χ0v) is 21.3. The number of nitrogens with zero attached hydrogens (tertiary/aromatic N) is 2. The smallest absolute Gasteiger partial charge is 0.228 e. The first-order chi connectivity index (χ1) is 16.1. The maximum Gasteiger partial charge on any atom is 0.228 e. The maximum atomic E-state index is 13.5. The van der Waals surface area contributed by atoms with Gasteiger partial charge in [-0.05, 0) is 86.8 Å². The summed E-state index contributed by atoms with van der Waals surface area (Å²) in [5.74, 6) is 1.88. The molecule has 4 aliphatic rings. The van der Waals surface area contributed by atoms with Crippen LogP contribution < -0.4 is 5.32 Å². The Morgan fingerprint density at radius 3 is 2.68 bits per heavy atom. The molecule has 1 saturated heterocycles. The Balaban J connectivity index is 1.40. The molecule has 1 N–H and O–H groups in total. The van der Waals surface area contributed by atoms with Crippen LogP contribution in [0.1, 0.15) is 71.3 Å². The van der Waals surface area contributed by atoms with E-state index in [1.165, 1.54) is 11.3 Å². The van der Waals surface area contributed by atoms with Gasteiger partial charge in [0.15, 0.2) is 0 Å². The van der Waals surface area contributed by atoms with Crippen LogP contribution in [0.15, 0.2) is 29.5 Å². The molecule has 3 fully saturated rings. The molecule has 1 aromatic carbocycles. The zero-order chi connectivity index (χ0) is 24.4. The number of hydrogen-bond donors (Lipinski definition) is 1. The van der Waals surface area contributed by atoms with E-state index in [9.17, 15) is 9.59 Å². The van der Waals surface area contributed by atoms with E-state index in [-0.39, 0.29) is 28.6 Å². The van der Waals surface area contributed by atoms with Crippen molar-refractivity contribution in [1.29, 1.82) is 5.26 Å². The van der Waals surface area contributed by atoms with Crippen LogP contribution >= 0.6 is 11.6 Å². The molecule has 0 bridgehead atoms. The van der Waals surface area contributed by atoms with Gasteiger partial charge >= 0.3 is 0 Å². The van der Waals surface area contributed by atoms with Crippen LogP contribution in [-0.2, 0) is 9.59 Å². The van der Waals surface area contributed by atoms with Crippen LogP contribution in [0.2, 0.25) is 5.02 Å². The average molecular weight is 480 g/mol. The third kappa shape index (κ3) is 3.33. The molecule has 6 atom stereocenters. The third-order valence-electron chi connectivity index (χ3n) is 9.98. The molecule has 1 heterocycles. The van der Waals surface area contributed by atoms with E-state index in [0.717, 1.165) is 38.5 Å². The number of allylic oxidation sites excluding steroid dienone is 2. The predicted molar refractivity (Wildman–Crippen MR) is 133 cm³/mol. The molecule has 6 heteroatoms. The molecule has 1 aromatic rings.